The monoisotopic (exact) mass is 304 g/mol. The lowest BCUT2D eigenvalue weighted by atomic mass is 10.0. The van der Waals surface area contributed by atoms with Crippen molar-refractivity contribution in [2.75, 3.05) is 14.2 Å². The summed E-state index contributed by atoms with van der Waals surface area (Å²) in [5.41, 5.74) is 1.21. The lowest BCUT2D eigenvalue weighted by Gasteiger charge is -2.29. The summed E-state index contributed by atoms with van der Waals surface area (Å²) in [6.45, 7) is 0.300. The van der Waals surface area contributed by atoms with E-state index in [0.29, 0.717) is 30.0 Å². The number of piperidine rings is 1. The van der Waals surface area contributed by atoms with Crippen LogP contribution >= 0.6 is 0 Å². The molecule has 0 spiro atoms. The maximum absolute atomic E-state index is 12.6. The van der Waals surface area contributed by atoms with Gasteiger partial charge in [0.25, 0.3) is 5.91 Å². The van der Waals surface area contributed by atoms with Crippen LogP contribution in [0.2, 0.25) is 0 Å². The Morgan fingerprint density at radius 3 is 2.59 bits per heavy atom. The second-order valence-electron chi connectivity index (χ2n) is 5.26. The van der Waals surface area contributed by atoms with Gasteiger partial charge in [-0.1, -0.05) is 0 Å². The minimum atomic E-state index is -0.631. The molecule has 0 bridgehead atoms. The lowest BCUT2D eigenvalue weighted by Crippen LogP contribution is -2.52. The third-order valence-electron chi connectivity index (χ3n) is 4.01. The van der Waals surface area contributed by atoms with Crippen molar-refractivity contribution in [3.63, 3.8) is 0 Å². The molecule has 7 heteroatoms. The van der Waals surface area contributed by atoms with E-state index in [2.05, 4.69) is 5.32 Å². The SMILES string of the molecule is COc1cc2c(c(OC)c1)C(=O)N([C@@H]1CCC(=O)NC1=O)C2. The molecule has 0 unspecified atom stereocenters. The molecule has 1 aromatic rings. The van der Waals surface area contributed by atoms with E-state index in [0.717, 1.165) is 5.56 Å². The fourth-order valence-corrected chi connectivity index (χ4v) is 2.92. The van der Waals surface area contributed by atoms with E-state index >= 15 is 0 Å². The smallest absolute Gasteiger partial charge is 0.258 e. The van der Waals surface area contributed by atoms with Crippen molar-refractivity contribution < 1.29 is 23.9 Å². The second-order valence-corrected chi connectivity index (χ2v) is 5.26. The van der Waals surface area contributed by atoms with Crippen molar-refractivity contribution in [2.45, 2.75) is 25.4 Å². The second kappa shape index (κ2) is 5.32. The van der Waals surface area contributed by atoms with Gasteiger partial charge in [-0.3, -0.25) is 19.7 Å². The summed E-state index contributed by atoms with van der Waals surface area (Å²) in [5.74, 6) is 0.0275. The standard InChI is InChI=1S/C15H16N2O5/c1-21-9-5-8-7-17(10-3-4-12(18)16-14(10)19)15(20)13(8)11(6-9)22-2/h5-6,10H,3-4,7H2,1-2H3,(H,16,18,19)/t10-/m1/s1. The summed E-state index contributed by atoms with van der Waals surface area (Å²) in [6, 6.07) is 2.78. The summed E-state index contributed by atoms with van der Waals surface area (Å²) >= 11 is 0. The number of ether oxygens (including phenoxy) is 2. The molecule has 2 aliphatic heterocycles. The number of benzene rings is 1. The van der Waals surface area contributed by atoms with Gasteiger partial charge in [0, 0.05) is 19.0 Å². The van der Waals surface area contributed by atoms with Crippen LogP contribution in [0.4, 0.5) is 0 Å². The highest BCUT2D eigenvalue weighted by atomic mass is 16.5. The van der Waals surface area contributed by atoms with Crippen LogP contribution in [0.5, 0.6) is 11.5 Å². The summed E-state index contributed by atoms with van der Waals surface area (Å²) in [4.78, 5) is 37.4. The first-order chi connectivity index (χ1) is 10.5. The third kappa shape index (κ3) is 2.18. The predicted molar refractivity (Wildman–Crippen MR) is 75.6 cm³/mol. The molecule has 1 atom stereocenters. The van der Waals surface area contributed by atoms with Gasteiger partial charge in [-0.25, -0.2) is 0 Å². The molecule has 1 saturated heterocycles. The molecule has 116 valence electrons. The zero-order valence-electron chi connectivity index (χ0n) is 12.3. The molecule has 22 heavy (non-hydrogen) atoms. The number of carbonyl (C=O) groups excluding carboxylic acids is 3. The molecule has 1 aromatic carbocycles. The molecular weight excluding hydrogens is 288 g/mol. The zero-order chi connectivity index (χ0) is 15.9. The number of hydrogen-bond acceptors (Lipinski definition) is 5. The van der Waals surface area contributed by atoms with E-state index < -0.39 is 11.9 Å². The number of carbonyl (C=O) groups is 3. The summed E-state index contributed by atoms with van der Waals surface area (Å²) in [5, 5.41) is 2.28. The molecular formula is C15H16N2O5. The van der Waals surface area contributed by atoms with Gasteiger partial charge in [-0.2, -0.15) is 0 Å². The third-order valence-corrected chi connectivity index (χ3v) is 4.01. The highest BCUT2D eigenvalue weighted by molar-refractivity contribution is 6.06. The first kappa shape index (κ1) is 14.4. The molecule has 0 radical (unpaired) electrons. The number of rotatable bonds is 3. The van der Waals surface area contributed by atoms with Crippen LogP contribution in [0.3, 0.4) is 0 Å². The number of hydrogen-bond donors (Lipinski definition) is 1. The normalized spacial score (nSPS) is 20.7. The van der Waals surface area contributed by atoms with Crippen molar-refractivity contribution in [1.29, 1.82) is 0 Å². The molecule has 0 aromatic heterocycles. The van der Waals surface area contributed by atoms with Gasteiger partial charge in [-0.15, -0.1) is 0 Å². The Morgan fingerprint density at radius 2 is 1.95 bits per heavy atom. The van der Waals surface area contributed by atoms with Crippen LogP contribution in [0.1, 0.15) is 28.8 Å². The Balaban J connectivity index is 1.94. The van der Waals surface area contributed by atoms with Crippen LogP contribution in [0.25, 0.3) is 0 Å². The molecule has 1 fully saturated rings. The topological polar surface area (TPSA) is 84.9 Å². The number of fused-ring (bicyclic) bond motifs is 1. The van der Waals surface area contributed by atoms with E-state index in [9.17, 15) is 14.4 Å². The summed E-state index contributed by atoms with van der Waals surface area (Å²) in [6.07, 6.45) is 0.570. The fourth-order valence-electron chi connectivity index (χ4n) is 2.92. The van der Waals surface area contributed by atoms with Gasteiger partial charge in [0.15, 0.2) is 0 Å². The van der Waals surface area contributed by atoms with Crippen LogP contribution in [-0.2, 0) is 16.1 Å². The largest absolute Gasteiger partial charge is 0.497 e. The molecule has 7 nitrogen and oxygen atoms in total. The van der Waals surface area contributed by atoms with E-state index in [1.165, 1.54) is 19.1 Å². The molecule has 3 amide bonds. The minimum Gasteiger partial charge on any atom is -0.497 e. The highest BCUT2D eigenvalue weighted by Crippen LogP contribution is 2.36. The average Bonchev–Trinajstić information content (AvgIpc) is 2.83. The summed E-state index contributed by atoms with van der Waals surface area (Å²) < 4.78 is 10.5. The number of nitrogens with one attached hydrogen (secondary N) is 1. The Morgan fingerprint density at radius 1 is 1.18 bits per heavy atom. The Bertz CT molecular complexity index is 670. The molecule has 1 N–H and O–H groups in total. The maximum Gasteiger partial charge on any atom is 0.258 e. The Kier molecular flexibility index (Phi) is 3.48. The van der Waals surface area contributed by atoms with E-state index in [-0.39, 0.29) is 18.2 Å². The van der Waals surface area contributed by atoms with Gasteiger partial charge >= 0.3 is 0 Å². The predicted octanol–water partition coefficient (Wildman–Crippen LogP) is 0.465. The van der Waals surface area contributed by atoms with E-state index in [1.54, 1.807) is 12.1 Å². The first-order valence-electron chi connectivity index (χ1n) is 6.94. The van der Waals surface area contributed by atoms with Gasteiger partial charge < -0.3 is 14.4 Å². The van der Waals surface area contributed by atoms with Crippen LogP contribution in [-0.4, -0.2) is 42.9 Å². The quantitative estimate of drug-likeness (QED) is 0.820. The number of imide groups is 1. The van der Waals surface area contributed by atoms with Crippen molar-refractivity contribution in [3.05, 3.63) is 23.3 Å². The number of nitrogens with zero attached hydrogens (tertiary/aromatic N) is 1. The van der Waals surface area contributed by atoms with Crippen LogP contribution in [0, 0.1) is 0 Å². The fraction of sp³-hybridized carbons (Fsp3) is 0.400. The van der Waals surface area contributed by atoms with Crippen LogP contribution in [0.15, 0.2) is 12.1 Å². The average molecular weight is 304 g/mol. The first-order valence-corrected chi connectivity index (χ1v) is 6.94. The number of amides is 3. The number of methoxy groups -OCH3 is 2. The van der Waals surface area contributed by atoms with Gasteiger partial charge in [0.1, 0.15) is 17.5 Å². The molecule has 2 aliphatic rings. The van der Waals surface area contributed by atoms with Crippen molar-refractivity contribution in [3.8, 4) is 11.5 Å². The van der Waals surface area contributed by atoms with Crippen molar-refractivity contribution >= 4 is 17.7 Å². The lowest BCUT2D eigenvalue weighted by molar-refractivity contribution is -0.136. The summed E-state index contributed by atoms with van der Waals surface area (Å²) in [7, 11) is 3.02. The van der Waals surface area contributed by atoms with E-state index in [1.807, 2.05) is 0 Å². The molecule has 2 heterocycles. The molecule has 0 saturated carbocycles. The van der Waals surface area contributed by atoms with Gasteiger partial charge in [0.2, 0.25) is 11.8 Å². The van der Waals surface area contributed by atoms with Gasteiger partial charge in [-0.05, 0) is 18.1 Å². The Hall–Kier alpha value is -2.57. The molecule has 0 aliphatic carbocycles. The maximum atomic E-state index is 12.6. The van der Waals surface area contributed by atoms with Crippen LogP contribution < -0.4 is 14.8 Å². The zero-order valence-corrected chi connectivity index (χ0v) is 12.3. The van der Waals surface area contributed by atoms with Crippen molar-refractivity contribution in [2.24, 2.45) is 0 Å². The highest BCUT2D eigenvalue weighted by Gasteiger charge is 2.40. The Labute approximate surface area is 127 Å². The minimum absolute atomic E-state index is 0.233. The molecule has 3 rings (SSSR count). The van der Waals surface area contributed by atoms with Crippen molar-refractivity contribution in [1.82, 2.24) is 10.2 Å². The van der Waals surface area contributed by atoms with Gasteiger partial charge in [0.05, 0.1) is 19.8 Å². The van der Waals surface area contributed by atoms with E-state index in [4.69, 9.17) is 9.47 Å².